The molecule has 0 unspecified atom stereocenters. The quantitative estimate of drug-likeness (QED) is 0.243. The Morgan fingerprint density at radius 1 is 0.548 bits per heavy atom. The van der Waals surface area contributed by atoms with Crippen LogP contribution in [-0.2, 0) is 12.4 Å². The second-order valence-electron chi connectivity index (χ2n) is 8.49. The Morgan fingerprint density at radius 2 is 0.857 bits per heavy atom. The Kier molecular flexibility index (Phi) is 6.41. The van der Waals surface area contributed by atoms with Crippen LogP contribution in [0.2, 0.25) is 0 Å². The minimum Gasteiger partial charge on any atom is -0.434 e. The van der Waals surface area contributed by atoms with E-state index in [0.717, 1.165) is 48.5 Å². The summed E-state index contributed by atoms with van der Waals surface area (Å²) >= 11 is 0. The maximum atomic E-state index is 13.3. The second-order valence-corrected chi connectivity index (χ2v) is 8.49. The van der Waals surface area contributed by atoms with Gasteiger partial charge in [-0.3, -0.25) is 0 Å². The van der Waals surface area contributed by atoms with Crippen LogP contribution in [0, 0.1) is 45.3 Å². The topological polar surface area (TPSA) is 147 Å². The van der Waals surface area contributed by atoms with Crippen LogP contribution in [0.3, 0.4) is 0 Å². The summed E-state index contributed by atoms with van der Waals surface area (Å²) in [5.74, 6) is 0. The number of hydrogen-bond acceptors (Lipinski definition) is 8. The molecule has 2 aromatic heterocycles. The van der Waals surface area contributed by atoms with Gasteiger partial charge in [0.15, 0.2) is 22.3 Å². The first-order chi connectivity index (χ1) is 19.9. The first-order valence-corrected chi connectivity index (χ1v) is 11.4. The van der Waals surface area contributed by atoms with Crippen molar-refractivity contribution in [1.29, 1.82) is 21.0 Å². The molecule has 0 atom stereocenters. The van der Waals surface area contributed by atoms with Gasteiger partial charge in [-0.05, 0) is 35.4 Å². The lowest BCUT2D eigenvalue weighted by molar-refractivity contribution is -0.138. The van der Waals surface area contributed by atoms with Crippen molar-refractivity contribution in [2.24, 2.45) is 0 Å². The van der Waals surface area contributed by atoms with E-state index in [2.05, 4.69) is 9.97 Å². The third kappa shape index (κ3) is 4.53. The molecule has 2 heterocycles. The lowest BCUT2D eigenvalue weighted by Crippen LogP contribution is -2.04. The van der Waals surface area contributed by atoms with E-state index in [9.17, 15) is 47.4 Å². The molecule has 0 aliphatic rings. The minimum atomic E-state index is -4.66. The van der Waals surface area contributed by atoms with Gasteiger partial charge in [0.25, 0.3) is 0 Å². The van der Waals surface area contributed by atoms with Gasteiger partial charge in [-0.15, -0.1) is 0 Å². The van der Waals surface area contributed by atoms with Crippen molar-refractivity contribution in [3.8, 4) is 46.5 Å². The van der Waals surface area contributed by atoms with Crippen LogP contribution in [0.5, 0.6) is 0 Å². The zero-order chi connectivity index (χ0) is 30.4. The molecular weight excluding hydrogens is 566 g/mol. The van der Waals surface area contributed by atoms with Gasteiger partial charge in [-0.1, -0.05) is 24.3 Å². The molecule has 0 amide bonds. The van der Waals surface area contributed by atoms with Gasteiger partial charge >= 0.3 is 12.4 Å². The molecule has 0 spiro atoms. The van der Waals surface area contributed by atoms with E-state index in [1.54, 1.807) is 24.3 Å². The zero-order valence-electron chi connectivity index (χ0n) is 20.4. The fourth-order valence-electron chi connectivity index (χ4n) is 4.18. The van der Waals surface area contributed by atoms with E-state index in [1.807, 2.05) is 0 Å². The first kappa shape index (κ1) is 27.4. The SMILES string of the molecule is N#CC(C#N)=c1nc2c(-c3ccc(C(F)(F)F)cc3)c3oc(=C(C#N)C#N)nc3c(-c3ccc(C(F)(F)F)cc3)c2o1. The Balaban J connectivity index is 2.00. The number of aromatic nitrogens is 2. The average Bonchev–Trinajstić information content (AvgIpc) is 3.57. The Morgan fingerprint density at radius 3 is 1.12 bits per heavy atom. The molecule has 0 aliphatic carbocycles. The van der Waals surface area contributed by atoms with Crippen LogP contribution in [0.1, 0.15) is 11.1 Å². The average molecular weight is 574 g/mol. The number of alkyl halides is 6. The highest BCUT2D eigenvalue weighted by molar-refractivity contribution is 6.15. The monoisotopic (exact) mass is 574 g/mol. The molecular formula is C28H8F6N6O2. The van der Waals surface area contributed by atoms with Crippen LogP contribution in [0.15, 0.2) is 57.4 Å². The minimum absolute atomic E-state index is 0.0383. The van der Waals surface area contributed by atoms with Gasteiger partial charge in [0.05, 0.1) is 22.3 Å². The lowest BCUT2D eigenvalue weighted by Gasteiger charge is -2.11. The summed E-state index contributed by atoms with van der Waals surface area (Å²) in [5.41, 5.74) is -4.69. The van der Waals surface area contributed by atoms with Crippen molar-refractivity contribution in [1.82, 2.24) is 9.97 Å². The Bertz CT molecular complexity index is 1950. The van der Waals surface area contributed by atoms with Crippen molar-refractivity contribution >= 4 is 33.3 Å². The molecule has 0 N–H and O–H groups in total. The smallest absolute Gasteiger partial charge is 0.416 e. The lowest BCUT2D eigenvalue weighted by atomic mass is 9.95. The summed E-state index contributed by atoms with van der Waals surface area (Å²) < 4.78 is 91.0. The van der Waals surface area contributed by atoms with Crippen molar-refractivity contribution in [2.45, 2.75) is 12.4 Å². The van der Waals surface area contributed by atoms with Crippen LogP contribution >= 0.6 is 0 Å². The molecule has 5 aromatic rings. The normalized spacial score (nSPS) is 11.5. The van der Waals surface area contributed by atoms with Gasteiger partial charge in [0.1, 0.15) is 35.3 Å². The van der Waals surface area contributed by atoms with Gasteiger partial charge in [0, 0.05) is 0 Å². The largest absolute Gasteiger partial charge is 0.434 e. The number of hydrogen-bond donors (Lipinski definition) is 0. The molecule has 14 heteroatoms. The summed E-state index contributed by atoms with van der Waals surface area (Å²) in [6.45, 7) is 0. The highest BCUT2D eigenvalue weighted by atomic mass is 19.4. The molecule has 5 rings (SSSR count). The van der Waals surface area contributed by atoms with E-state index in [1.165, 1.54) is 0 Å². The molecule has 0 saturated heterocycles. The fourth-order valence-corrected chi connectivity index (χ4v) is 4.18. The molecule has 0 bridgehead atoms. The van der Waals surface area contributed by atoms with Crippen LogP contribution in [0.25, 0.3) is 55.6 Å². The maximum Gasteiger partial charge on any atom is 0.416 e. The summed E-state index contributed by atoms with van der Waals surface area (Å²) in [4.78, 5) is 8.43. The molecule has 0 aliphatic heterocycles. The number of oxazole rings is 2. The van der Waals surface area contributed by atoms with E-state index in [0.29, 0.717) is 0 Å². The van der Waals surface area contributed by atoms with Crippen molar-refractivity contribution < 1.29 is 35.2 Å². The van der Waals surface area contributed by atoms with Crippen molar-refractivity contribution in [2.75, 3.05) is 0 Å². The van der Waals surface area contributed by atoms with Crippen molar-refractivity contribution in [3.05, 3.63) is 70.7 Å². The highest BCUT2D eigenvalue weighted by Crippen LogP contribution is 2.43. The van der Waals surface area contributed by atoms with Gasteiger partial charge in [-0.25, -0.2) is 9.97 Å². The molecule has 3 aromatic carbocycles. The van der Waals surface area contributed by atoms with Gasteiger partial charge in [-0.2, -0.15) is 47.4 Å². The molecule has 42 heavy (non-hydrogen) atoms. The highest BCUT2D eigenvalue weighted by Gasteiger charge is 2.32. The number of benzene rings is 3. The number of halogens is 6. The first-order valence-electron chi connectivity index (χ1n) is 11.4. The standard InChI is InChI=1S/C28H8F6N6O2/c29-27(30,31)17-5-1-13(2-6-17)19-21-24(42-25(39-21)15(9-35)10-36)20(14-3-7-18(8-4-14)28(32,33)34)22-23(19)41-26(40-22)16(11-37)12-38/h1-8H. The molecule has 8 nitrogen and oxygen atoms in total. The number of nitriles is 4. The Labute approximate surface area is 229 Å². The van der Waals surface area contributed by atoms with Crippen LogP contribution < -0.4 is 11.1 Å². The summed E-state index contributed by atoms with van der Waals surface area (Å²) in [6, 6.07) is 13.9. The Hall–Kier alpha value is -6.12. The van der Waals surface area contributed by atoms with Crippen LogP contribution in [0.4, 0.5) is 26.3 Å². The molecule has 0 fully saturated rings. The summed E-state index contributed by atoms with van der Waals surface area (Å²) in [6.07, 6.45) is -9.33. The number of nitrogens with zero attached hydrogens (tertiary/aromatic N) is 6. The van der Waals surface area contributed by atoms with Crippen LogP contribution in [-0.4, -0.2) is 9.97 Å². The predicted octanol–water partition coefficient (Wildman–Crippen LogP) is 5.74. The maximum absolute atomic E-state index is 13.3. The van der Waals surface area contributed by atoms with Gasteiger partial charge in [0.2, 0.25) is 11.1 Å². The molecule has 0 radical (unpaired) electrons. The second kappa shape index (κ2) is 9.81. The van der Waals surface area contributed by atoms with Crippen molar-refractivity contribution in [3.63, 3.8) is 0 Å². The van der Waals surface area contributed by atoms with E-state index in [-0.39, 0.29) is 44.5 Å². The summed E-state index contributed by atoms with van der Waals surface area (Å²) in [7, 11) is 0. The zero-order valence-corrected chi connectivity index (χ0v) is 20.4. The third-order valence-electron chi connectivity index (χ3n) is 6.06. The van der Waals surface area contributed by atoms with E-state index >= 15 is 0 Å². The third-order valence-corrected chi connectivity index (χ3v) is 6.06. The van der Waals surface area contributed by atoms with Gasteiger partial charge < -0.3 is 8.83 Å². The number of rotatable bonds is 2. The fraction of sp³-hybridized carbons (Fsp3) is 0.0714. The number of fused-ring (bicyclic) bond motifs is 2. The molecule has 0 saturated carbocycles. The summed E-state index contributed by atoms with van der Waals surface area (Å²) in [5, 5.41) is 37.5. The molecule has 204 valence electrons. The van der Waals surface area contributed by atoms with E-state index in [4.69, 9.17) is 8.83 Å². The predicted molar refractivity (Wildman–Crippen MR) is 131 cm³/mol. The van der Waals surface area contributed by atoms with E-state index < -0.39 is 45.7 Å².